The average molecular weight is 585 g/mol. The number of aliphatic hydroxyl groups excluding tert-OH is 1. The van der Waals surface area contributed by atoms with Crippen LogP contribution in [0.4, 0.5) is 5.69 Å². The van der Waals surface area contributed by atoms with Crippen molar-refractivity contribution < 1.29 is 29.1 Å². The Bertz CT molecular complexity index is 1250. The van der Waals surface area contributed by atoms with Crippen LogP contribution in [-0.2, 0) is 37.4 Å². The zero-order chi connectivity index (χ0) is 30.8. The van der Waals surface area contributed by atoms with Gasteiger partial charge in [0.15, 0.2) is 0 Å². The highest BCUT2D eigenvalue weighted by molar-refractivity contribution is 5.95. The highest BCUT2D eigenvalue weighted by Gasteiger charge is 2.33. The summed E-state index contributed by atoms with van der Waals surface area (Å²) < 4.78 is 1.53. The Morgan fingerprint density at radius 1 is 1.02 bits per heavy atom. The lowest BCUT2D eigenvalue weighted by molar-refractivity contribution is -0.135. The molecule has 6 N–H and O–H groups in total. The molecule has 14 heteroatoms. The monoisotopic (exact) mass is 584 g/mol. The maximum atomic E-state index is 13.4. The lowest BCUT2D eigenvalue weighted by Gasteiger charge is -2.27. The molecule has 42 heavy (non-hydrogen) atoms. The van der Waals surface area contributed by atoms with Gasteiger partial charge in [-0.05, 0) is 18.4 Å². The second-order valence-corrected chi connectivity index (χ2v) is 10.7. The molecule has 3 rings (SSSR count). The molecule has 0 saturated carbocycles. The van der Waals surface area contributed by atoms with Crippen molar-refractivity contribution in [2.24, 2.45) is 13.0 Å². The number of rotatable bonds is 7. The van der Waals surface area contributed by atoms with Crippen LogP contribution in [0.1, 0.15) is 26.3 Å². The third-order valence-corrected chi connectivity index (χ3v) is 6.69. The molecular formula is C28H40N8O6. The summed E-state index contributed by atoms with van der Waals surface area (Å²) in [6, 6.07) is 5.64. The van der Waals surface area contributed by atoms with Gasteiger partial charge in [-0.3, -0.25) is 33.6 Å². The first-order chi connectivity index (χ1) is 19.9. The van der Waals surface area contributed by atoms with Crippen molar-refractivity contribution in [1.29, 1.82) is 0 Å². The molecule has 0 bridgehead atoms. The Labute approximate surface area is 244 Å². The van der Waals surface area contributed by atoms with Crippen molar-refractivity contribution in [3.63, 3.8) is 0 Å². The van der Waals surface area contributed by atoms with Crippen LogP contribution in [0.3, 0.4) is 0 Å². The number of aromatic nitrogens is 2. The van der Waals surface area contributed by atoms with E-state index in [-0.39, 0.29) is 38.5 Å². The van der Waals surface area contributed by atoms with Gasteiger partial charge >= 0.3 is 0 Å². The van der Waals surface area contributed by atoms with Gasteiger partial charge in [-0.25, -0.2) is 0 Å². The number of nitrogens with zero attached hydrogens (tertiary/aromatic N) is 3. The van der Waals surface area contributed by atoms with Crippen LogP contribution in [0.2, 0.25) is 0 Å². The first-order valence-corrected chi connectivity index (χ1v) is 13.8. The van der Waals surface area contributed by atoms with Crippen molar-refractivity contribution >= 4 is 35.2 Å². The number of aryl methyl sites for hydroxylation is 1. The van der Waals surface area contributed by atoms with Crippen LogP contribution in [0, 0.1) is 5.92 Å². The highest BCUT2D eigenvalue weighted by atomic mass is 16.3. The number of aliphatic hydroxyl groups is 1. The molecule has 0 aliphatic carbocycles. The van der Waals surface area contributed by atoms with E-state index in [1.165, 1.54) is 22.7 Å². The van der Waals surface area contributed by atoms with E-state index in [2.05, 4.69) is 31.7 Å². The van der Waals surface area contributed by atoms with E-state index >= 15 is 0 Å². The van der Waals surface area contributed by atoms with Gasteiger partial charge in [0, 0.05) is 32.8 Å². The standard InChI is InChI=1S/C28H40N8O6/c1-17(2)24-28(42)32-21(12-19-8-6-5-7-9-19)26(40)34-25(18(3)37)27(41)29-10-11-36(16-23(39)33-24)15-22(38)31-20-13-30-35(4)14-20/h5-9,13-14,17-18,21,24-25,37H,10-12,15-16H2,1-4H3,(H,29,41)(H,31,38)(H,32,42)(H,33,39)(H,34,40)/t18-,21+,24-,25+/m1/s1. The maximum Gasteiger partial charge on any atom is 0.245 e. The molecule has 1 aromatic carbocycles. The van der Waals surface area contributed by atoms with E-state index in [1.54, 1.807) is 51.4 Å². The Morgan fingerprint density at radius 2 is 1.74 bits per heavy atom. The minimum atomic E-state index is -1.30. The highest BCUT2D eigenvalue weighted by Crippen LogP contribution is 2.09. The number of carbonyl (C=O) groups is 5. The van der Waals surface area contributed by atoms with Crippen LogP contribution >= 0.6 is 0 Å². The fraction of sp³-hybridized carbons (Fsp3) is 0.500. The van der Waals surface area contributed by atoms with E-state index in [0.29, 0.717) is 5.69 Å². The fourth-order valence-electron chi connectivity index (χ4n) is 4.49. The third kappa shape index (κ3) is 9.66. The van der Waals surface area contributed by atoms with E-state index in [4.69, 9.17) is 0 Å². The summed E-state index contributed by atoms with van der Waals surface area (Å²) in [5.74, 6) is -3.14. The number of hydrogen-bond acceptors (Lipinski definition) is 8. The molecule has 0 radical (unpaired) electrons. The smallest absolute Gasteiger partial charge is 0.245 e. The van der Waals surface area contributed by atoms with E-state index in [9.17, 15) is 29.1 Å². The summed E-state index contributed by atoms with van der Waals surface area (Å²) in [5, 5.41) is 27.7. The molecule has 228 valence electrons. The lowest BCUT2D eigenvalue weighted by Crippen LogP contribution is -2.60. The van der Waals surface area contributed by atoms with Crippen LogP contribution in [0.5, 0.6) is 0 Å². The molecule has 1 saturated heterocycles. The third-order valence-electron chi connectivity index (χ3n) is 6.69. The quantitative estimate of drug-likeness (QED) is 0.227. The van der Waals surface area contributed by atoms with Gasteiger partial charge in [-0.2, -0.15) is 5.10 Å². The van der Waals surface area contributed by atoms with E-state index in [1.807, 2.05) is 6.07 Å². The van der Waals surface area contributed by atoms with Crippen molar-refractivity contribution in [3.05, 3.63) is 48.3 Å². The molecule has 2 heterocycles. The number of amides is 5. The molecule has 14 nitrogen and oxygen atoms in total. The van der Waals surface area contributed by atoms with Crippen molar-refractivity contribution in [2.45, 2.75) is 51.4 Å². The second-order valence-electron chi connectivity index (χ2n) is 10.7. The molecule has 1 aliphatic heterocycles. The van der Waals surface area contributed by atoms with Crippen LogP contribution in [0.15, 0.2) is 42.7 Å². The SMILES string of the molecule is CC(C)[C@H]1NC(=O)CN(CC(=O)Nc2cnn(C)c2)CCNC(=O)[C@H]([C@@H](C)O)NC(=O)[C@H](Cc2ccccc2)NC1=O. The average Bonchev–Trinajstić information content (AvgIpc) is 3.33. The molecule has 0 unspecified atom stereocenters. The zero-order valence-electron chi connectivity index (χ0n) is 24.3. The fourth-order valence-corrected chi connectivity index (χ4v) is 4.49. The Kier molecular flexibility index (Phi) is 11.6. The van der Waals surface area contributed by atoms with Crippen molar-refractivity contribution in [3.8, 4) is 0 Å². The van der Waals surface area contributed by atoms with Crippen molar-refractivity contribution in [2.75, 3.05) is 31.5 Å². The number of anilines is 1. The minimum absolute atomic E-state index is 0.0175. The molecule has 1 aliphatic rings. The number of carbonyl (C=O) groups excluding carboxylic acids is 5. The van der Waals surface area contributed by atoms with Gasteiger partial charge in [-0.1, -0.05) is 44.2 Å². The van der Waals surface area contributed by atoms with Crippen LogP contribution < -0.4 is 26.6 Å². The molecule has 0 spiro atoms. The van der Waals surface area contributed by atoms with Gasteiger partial charge < -0.3 is 31.7 Å². The summed E-state index contributed by atoms with van der Waals surface area (Å²) in [6.07, 6.45) is 1.98. The van der Waals surface area contributed by atoms with Gasteiger partial charge in [0.1, 0.15) is 18.1 Å². The van der Waals surface area contributed by atoms with Gasteiger partial charge in [0.05, 0.1) is 31.1 Å². The van der Waals surface area contributed by atoms with Gasteiger partial charge in [0.2, 0.25) is 29.5 Å². The Balaban J connectivity index is 1.85. The first-order valence-electron chi connectivity index (χ1n) is 13.8. The Morgan fingerprint density at radius 3 is 2.36 bits per heavy atom. The number of hydrogen-bond donors (Lipinski definition) is 6. The summed E-state index contributed by atoms with van der Waals surface area (Å²) in [5.41, 5.74) is 1.25. The van der Waals surface area contributed by atoms with Crippen LogP contribution in [0.25, 0.3) is 0 Å². The molecule has 2 aromatic rings. The maximum absolute atomic E-state index is 13.4. The van der Waals surface area contributed by atoms with Crippen LogP contribution in [-0.4, -0.2) is 99.7 Å². The predicted octanol–water partition coefficient (Wildman–Crippen LogP) is -1.48. The summed E-state index contributed by atoms with van der Waals surface area (Å²) in [4.78, 5) is 67.1. The normalized spacial score (nSPS) is 22.2. The van der Waals surface area contributed by atoms with E-state index < -0.39 is 53.8 Å². The molecule has 1 aromatic heterocycles. The Hall–Kier alpha value is -4.30. The number of benzene rings is 1. The first kappa shape index (κ1) is 32.2. The van der Waals surface area contributed by atoms with Gasteiger partial charge in [0.25, 0.3) is 0 Å². The predicted molar refractivity (Wildman–Crippen MR) is 154 cm³/mol. The second kappa shape index (κ2) is 15.1. The van der Waals surface area contributed by atoms with Gasteiger partial charge in [-0.15, -0.1) is 0 Å². The summed E-state index contributed by atoms with van der Waals surface area (Å²) >= 11 is 0. The summed E-state index contributed by atoms with van der Waals surface area (Å²) in [7, 11) is 1.71. The van der Waals surface area contributed by atoms with Crippen molar-refractivity contribution in [1.82, 2.24) is 35.9 Å². The topological polar surface area (TPSA) is 187 Å². The zero-order valence-corrected chi connectivity index (χ0v) is 24.3. The lowest BCUT2D eigenvalue weighted by atomic mass is 10.0. The number of nitrogens with one attached hydrogen (secondary N) is 5. The molecule has 1 fully saturated rings. The largest absolute Gasteiger partial charge is 0.391 e. The molecule has 4 atom stereocenters. The molecule has 5 amide bonds. The minimum Gasteiger partial charge on any atom is -0.391 e. The van der Waals surface area contributed by atoms with E-state index in [0.717, 1.165) is 5.56 Å². The summed E-state index contributed by atoms with van der Waals surface area (Å²) in [6.45, 7) is 4.57. The molecular weight excluding hydrogens is 544 g/mol.